The average Bonchev–Trinajstić information content (AvgIpc) is 2.42. The third kappa shape index (κ3) is 5.28. The zero-order valence-corrected chi connectivity index (χ0v) is 17.2. The van der Waals surface area contributed by atoms with Gasteiger partial charge in [-0.05, 0) is 71.9 Å². The first-order valence-corrected chi connectivity index (χ1v) is 8.98. The van der Waals surface area contributed by atoms with E-state index in [1.54, 1.807) is 0 Å². The van der Waals surface area contributed by atoms with Crippen LogP contribution in [0.3, 0.4) is 0 Å². The van der Waals surface area contributed by atoms with Gasteiger partial charge in [0.2, 0.25) is 11.8 Å². The van der Waals surface area contributed by atoms with Gasteiger partial charge in [-0.2, -0.15) is 0 Å². The smallest absolute Gasteiger partial charge is 0.230 e. The molecule has 0 radical (unpaired) electrons. The van der Waals surface area contributed by atoms with Gasteiger partial charge in [-0.1, -0.05) is 15.9 Å². The lowest BCUT2D eigenvalue weighted by Gasteiger charge is -2.27. The maximum Gasteiger partial charge on any atom is 0.230 e. The summed E-state index contributed by atoms with van der Waals surface area (Å²) < 4.78 is 1.70. The number of nitrogens with zero attached hydrogens (tertiary/aromatic N) is 1. The van der Waals surface area contributed by atoms with E-state index < -0.39 is 0 Å². The molecule has 0 aromatic heterocycles. The van der Waals surface area contributed by atoms with E-state index in [9.17, 15) is 9.59 Å². The molecule has 1 fully saturated rings. The normalized spacial score (nSPS) is 15.0. The second-order valence-electron chi connectivity index (χ2n) is 5.67. The number of hydrogen-bond donors (Lipinski definition) is 1. The van der Waals surface area contributed by atoms with Crippen molar-refractivity contribution in [1.82, 2.24) is 5.32 Å². The third-order valence-electron chi connectivity index (χ3n) is 3.93. The van der Waals surface area contributed by atoms with Crippen LogP contribution in [0.2, 0.25) is 0 Å². The number of carbonyl (C=O) groups is 2. The first-order valence-electron chi connectivity index (χ1n) is 7.40. The molecule has 1 heterocycles. The summed E-state index contributed by atoms with van der Waals surface area (Å²) in [5, 5.41) is 3.36. The van der Waals surface area contributed by atoms with E-state index in [1.165, 1.54) is 18.7 Å². The molecule has 7 heteroatoms. The highest BCUT2D eigenvalue weighted by molar-refractivity contribution is 9.11. The zero-order chi connectivity index (χ0) is 16.3. The van der Waals surface area contributed by atoms with Crippen molar-refractivity contribution < 1.29 is 9.59 Å². The quantitative estimate of drug-likeness (QED) is 0.728. The van der Waals surface area contributed by atoms with Gasteiger partial charge in [0.25, 0.3) is 0 Å². The lowest BCUT2D eigenvalue weighted by atomic mass is 9.90. The number of rotatable bonds is 3. The fourth-order valence-corrected chi connectivity index (χ4v) is 4.45. The van der Waals surface area contributed by atoms with Crippen LogP contribution in [0.15, 0.2) is 21.1 Å². The number of piperidine rings is 1. The van der Waals surface area contributed by atoms with Crippen LogP contribution in [0.5, 0.6) is 0 Å². The number of amides is 2. The van der Waals surface area contributed by atoms with Gasteiger partial charge < -0.3 is 5.32 Å². The number of imide groups is 1. The third-order valence-corrected chi connectivity index (χ3v) is 4.99. The lowest BCUT2D eigenvalue weighted by Crippen LogP contribution is -2.35. The standard InChI is InChI=1S/C16H20Br2N2O2.ClH/c1-10(21)20(11(2)22)16-13(8-14(17)9-15(16)18)7-12-3-5-19-6-4-12;/h8-9,12,19H,3-7H2,1-2H3;1H. The molecule has 1 N–H and O–H groups in total. The Hall–Kier alpha value is -0.430. The molecule has 1 saturated heterocycles. The van der Waals surface area contributed by atoms with Crippen molar-refractivity contribution in [3.05, 3.63) is 26.6 Å². The predicted octanol–water partition coefficient (Wildman–Crippen LogP) is 4.07. The summed E-state index contributed by atoms with van der Waals surface area (Å²) in [6.07, 6.45) is 3.10. The summed E-state index contributed by atoms with van der Waals surface area (Å²) in [5.41, 5.74) is 1.71. The minimum absolute atomic E-state index is 0. The average molecular weight is 469 g/mol. The van der Waals surface area contributed by atoms with Gasteiger partial charge in [0.05, 0.1) is 5.69 Å². The van der Waals surface area contributed by atoms with Gasteiger partial charge in [-0.15, -0.1) is 12.4 Å². The van der Waals surface area contributed by atoms with E-state index in [1.807, 2.05) is 12.1 Å². The van der Waals surface area contributed by atoms with Gasteiger partial charge in [0, 0.05) is 22.8 Å². The Morgan fingerprint density at radius 2 is 1.74 bits per heavy atom. The van der Waals surface area contributed by atoms with Crippen LogP contribution in [0.1, 0.15) is 32.3 Å². The molecular weight excluding hydrogens is 447 g/mol. The molecule has 0 atom stereocenters. The Balaban J connectivity index is 0.00000264. The van der Waals surface area contributed by atoms with Crippen LogP contribution in [-0.4, -0.2) is 24.9 Å². The molecule has 2 amide bonds. The zero-order valence-electron chi connectivity index (χ0n) is 13.2. The summed E-state index contributed by atoms with van der Waals surface area (Å²) in [4.78, 5) is 25.1. The maximum absolute atomic E-state index is 11.9. The summed E-state index contributed by atoms with van der Waals surface area (Å²) in [5.74, 6) is 0.0473. The highest BCUT2D eigenvalue weighted by Crippen LogP contribution is 2.36. The monoisotopic (exact) mass is 466 g/mol. The SMILES string of the molecule is CC(=O)N(C(C)=O)c1c(Br)cc(Br)cc1CC1CCNCC1.Cl. The minimum atomic E-state index is -0.262. The molecule has 0 unspecified atom stereocenters. The number of nitrogens with one attached hydrogen (secondary N) is 1. The molecule has 0 aliphatic carbocycles. The molecule has 1 aromatic carbocycles. The van der Waals surface area contributed by atoms with Crippen LogP contribution >= 0.6 is 44.3 Å². The number of halogens is 3. The van der Waals surface area contributed by atoms with E-state index in [-0.39, 0.29) is 24.2 Å². The number of anilines is 1. The van der Waals surface area contributed by atoms with Crippen LogP contribution in [0.25, 0.3) is 0 Å². The van der Waals surface area contributed by atoms with Gasteiger partial charge in [0.15, 0.2) is 0 Å². The van der Waals surface area contributed by atoms with E-state index in [0.717, 1.165) is 46.9 Å². The lowest BCUT2D eigenvalue weighted by molar-refractivity contribution is -0.124. The van der Waals surface area contributed by atoms with Crippen LogP contribution < -0.4 is 10.2 Å². The maximum atomic E-state index is 11.9. The molecule has 23 heavy (non-hydrogen) atoms. The number of hydrogen-bond acceptors (Lipinski definition) is 3. The predicted molar refractivity (Wildman–Crippen MR) is 102 cm³/mol. The summed E-state index contributed by atoms with van der Waals surface area (Å²) >= 11 is 7.02. The first-order chi connectivity index (χ1) is 10.4. The molecule has 2 rings (SSSR count). The summed E-state index contributed by atoms with van der Waals surface area (Å²) in [7, 11) is 0. The fraction of sp³-hybridized carbons (Fsp3) is 0.500. The molecule has 1 aliphatic rings. The molecule has 1 aromatic rings. The summed E-state index contributed by atoms with van der Waals surface area (Å²) in [6, 6.07) is 3.89. The summed E-state index contributed by atoms with van der Waals surface area (Å²) in [6.45, 7) is 4.89. The molecule has 0 bridgehead atoms. The Bertz CT molecular complexity index is 576. The molecule has 0 saturated carbocycles. The van der Waals surface area contributed by atoms with Crippen molar-refractivity contribution in [2.75, 3.05) is 18.0 Å². The number of benzene rings is 1. The topological polar surface area (TPSA) is 49.4 Å². The van der Waals surface area contributed by atoms with E-state index in [0.29, 0.717) is 11.6 Å². The van der Waals surface area contributed by atoms with Crippen molar-refractivity contribution >= 4 is 61.8 Å². The van der Waals surface area contributed by atoms with Crippen molar-refractivity contribution in [2.45, 2.75) is 33.1 Å². The highest BCUT2D eigenvalue weighted by atomic mass is 79.9. The largest absolute Gasteiger partial charge is 0.317 e. The Kier molecular flexibility index (Phi) is 8.21. The minimum Gasteiger partial charge on any atom is -0.317 e. The molecular formula is C16H21Br2ClN2O2. The van der Waals surface area contributed by atoms with Gasteiger partial charge >= 0.3 is 0 Å². The van der Waals surface area contributed by atoms with E-state index in [4.69, 9.17) is 0 Å². The van der Waals surface area contributed by atoms with Crippen LogP contribution in [0, 0.1) is 5.92 Å². The van der Waals surface area contributed by atoms with Crippen LogP contribution in [0.4, 0.5) is 5.69 Å². The van der Waals surface area contributed by atoms with Gasteiger partial charge in [-0.3, -0.25) is 9.59 Å². The Morgan fingerprint density at radius 1 is 1.17 bits per heavy atom. The Labute approximate surface area is 160 Å². The molecule has 0 spiro atoms. The molecule has 1 aliphatic heterocycles. The van der Waals surface area contributed by atoms with Crippen molar-refractivity contribution in [3.63, 3.8) is 0 Å². The van der Waals surface area contributed by atoms with Crippen molar-refractivity contribution in [2.24, 2.45) is 5.92 Å². The fourth-order valence-electron chi connectivity index (χ4n) is 2.96. The Morgan fingerprint density at radius 3 is 2.26 bits per heavy atom. The van der Waals surface area contributed by atoms with Crippen molar-refractivity contribution in [1.29, 1.82) is 0 Å². The van der Waals surface area contributed by atoms with E-state index in [2.05, 4.69) is 37.2 Å². The highest BCUT2D eigenvalue weighted by Gasteiger charge is 2.25. The second-order valence-corrected chi connectivity index (χ2v) is 7.44. The molecule has 4 nitrogen and oxygen atoms in total. The number of carbonyl (C=O) groups excluding carboxylic acids is 2. The van der Waals surface area contributed by atoms with Crippen LogP contribution in [-0.2, 0) is 16.0 Å². The van der Waals surface area contributed by atoms with E-state index >= 15 is 0 Å². The second kappa shape index (κ2) is 9.16. The van der Waals surface area contributed by atoms with Gasteiger partial charge in [-0.25, -0.2) is 4.90 Å². The van der Waals surface area contributed by atoms with Crippen molar-refractivity contribution in [3.8, 4) is 0 Å². The first kappa shape index (κ1) is 20.6. The molecule has 128 valence electrons. The van der Waals surface area contributed by atoms with Gasteiger partial charge in [0.1, 0.15) is 0 Å².